The van der Waals surface area contributed by atoms with Crippen LogP contribution >= 0.6 is 11.8 Å². The summed E-state index contributed by atoms with van der Waals surface area (Å²) in [4.78, 5) is 28.8. The number of thioether (sulfide) groups is 1. The van der Waals surface area contributed by atoms with Crippen LogP contribution in [0, 0.1) is 0 Å². The van der Waals surface area contributed by atoms with Gasteiger partial charge in [0.2, 0.25) is 5.91 Å². The second-order valence-electron chi connectivity index (χ2n) is 5.64. The molecule has 1 aliphatic rings. The summed E-state index contributed by atoms with van der Waals surface area (Å²) in [6.07, 6.45) is 0. The number of benzene rings is 2. The lowest BCUT2D eigenvalue weighted by atomic mass is 10.1. The van der Waals surface area contributed by atoms with Crippen molar-refractivity contribution >= 4 is 33.9 Å². The minimum atomic E-state index is -0.542. The van der Waals surface area contributed by atoms with E-state index in [1.54, 1.807) is 24.3 Å². The number of aromatic nitrogens is 1. The first-order valence-electron chi connectivity index (χ1n) is 7.84. The second-order valence-corrected chi connectivity index (χ2v) is 6.65. The quantitative estimate of drug-likeness (QED) is 0.785. The summed E-state index contributed by atoms with van der Waals surface area (Å²) >= 11 is 1.50. The average molecular weight is 353 g/mol. The summed E-state index contributed by atoms with van der Waals surface area (Å²) in [5.41, 5.74) is 2.19. The average Bonchev–Trinajstić information content (AvgIpc) is 3.21. The van der Waals surface area contributed by atoms with Gasteiger partial charge in [-0.15, -0.1) is 0 Å². The molecular weight excluding hydrogens is 338 g/mol. The maximum Gasteiger partial charge on any atom is 0.420 e. The molecule has 0 saturated heterocycles. The summed E-state index contributed by atoms with van der Waals surface area (Å²) in [6, 6.07) is 17.0. The lowest BCUT2D eigenvalue weighted by Gasteiger charge is -2.05. The summed E-state index contributed by atoms with van der Waals surface area (Å²) in [7, 11) is 0. The molecule has 3 aromatic rings. The molecule has 1 atom stereocenters. The number of oxazole rings is 1. The van der Waals surface area contributed by atoms with Crippen molar-refractivity contribution < 1.29 is 9.21 Å². The number of carbonyl (C=O) groups excluding carboxylic acids is 1. The maximum atomic E-state index is 12.3. The first kappa shape index (κ1) is 15.7. The van der Waals surface area contributed by atoms with Crippen LogP contribution in [-0.2, 0) is 11.3 Å². The number of hydrogen-bond donors (Lipinski definition) is 1. The highest BCUT2D eigenvalue weighted by Crippen LogP contribution is 2.29. The zero-order valence-electron chi connectivity index (χ0n) is 13.2. The Hall–Kier alpha value is -2.80. The molecule has 0 fully saturated rings. The second kappa shape index (κ2) is 6.60. The van der Waals surface area contributed by atoms with Gasteiger partial charge in [-0.05, 0) is 17.7 Å². The Labute approximate surface area is 147 Å². The number of fused-ring (bicyclic) bond motifs is 1. The molecule has 6 nitrogen and oxygen atoms in total. The van der Waals surface area contributed by atoms with Crippen LogP contribution in [0.2, 0.25) is 0 Å². The number of aliphatic imine (C=N–C) groups is 1. The van der Waals surface area contributed by atoms with Crippen molar-refractivity contribution in [3.05, 3.63) is 70.7 Å². The van der Waals surface area contributed by atoms with Gasteiger partial charge < -0.3 is 9.73 Å². The number of carbonyl (C=O) groups is 1. The predicted octanol–water partition coefficient (Wildman–Crippen LogP) is 2.55. The fraction of sp³-hybridized carbons (Fsp3) is 0.167. The minimum Gasteiger partial charge on any atom is -0.408 e. The number of nitrogens with one attached hydrogen (secondary N) is 1. The van der Waals surface area contributed by atoms with Crippen molar-refractivity contribution in [2.75, 3.05) is 5.75 Å². The van der Waals surface area contributed by atoms with E-state index in [9.17, 15) is 9.59 Å². The van der Waals surface area contributed by atoms with Gasteiger partial charge in [-0.25, -0.2) is 4.79 Å². The van der Waals surface area contributed by atoms with Crippen LogP contribution < -0.4 is 11.1 Å². The highest BCUT2D eigenvalue weighted by molar-refractivity contribution is 8.14. The van der Waals surface area contributed by atoms with E-state index < -0.39 is 5.76 Å². The van der Waals surface area contributed by atoms with Crippen molar-refractivity contribution in [2.24, 2.45) is 4.99 Å². The van der Waals surface area contributed by atoms with E-state index in [1.807, 2.05) is 30.3 Å². The van der Waals surface area contributed by atoms with Gasteiger partial charge >= 0.3 is 5.76 Å². The Morgan fingerprint density at radius 1 is 1.20 bits per heavy atom. The van der Waals surface area contributed by atoms with Gasteiger partial charge in [0.15, 0.2) is 10.8 Å². The third-order valence-corrected chi connectivity index (χ3v) is 4.92. The molecule has 25 heavy (non-hydrogen) atoms. The molecule has 0 spiro atoms. The van der Waals surface area contributed by atoms with E-state index in [4.69, 9.17) is 4.42 Å². The molecule has 1 unspecified atom stereocenters. The molecule has 1 amide bonds. The number of amidine groups is 1. The van der Waals surface area contributed by atoms with E-state index in [2.05, 4.69) is 10.3 Å². The summed E-state index contributed by atoms with van der Waals surface area (Å²) in [5.74, 6) is -0.0538. The molecule has 7 heteroatoms. The van der Waals surface area contributed by atoms with Gasteiger partial charge in [0.1, 0.15) is 6.54 Å². The number of hydrogen-bond acceptors (Lipinski definition) is 5. The molecule has 126 valence electrons. The standard InChI is InChI=1S/C18H15N3O3S/c22-16(10-21-14-8-4-5-9-15(14)24-18(21)23)20-17-19-13(11-25-17)12-6-2-1-3-7-12/h1-9,13H,10-11H2,(H,19,20,22). The minimum absolute atomic E-state index is 0.0407. The van der Waals surface area contributed by atoms with E-state index >= 15 is 0 Å². The Bertz CT molecular complexity index is 1010. The van der Waals surface area contributed by atoms with Crippen LogP contribution in [0.3, 0.4) is 0 Å². The Morgan fingerprint density at radius 2 is 1.96 bits per heavy atom. The molecule has 2 aromatic carbocycles. The van der Waals surface area contributed by atoms with Crippen molar-refractivity contribution in [2.45, 2.75) is 12.6 Å². The highest BCUT2D eigenvalue weighted by Gasteiger charge is 2.21. The van der Waals surface area contributed by atoms with Gasteiger partial charge in [-0.3, -0.25) is 14.4 Å². The van der Waals surface area contributed by atoms with Crippen molar-refractivity contribution in [3.63, 3.8) is 0 Å². The molecule has 1 aromatic heterocycles. The molecule has 0 bridgehead atoms. The normalized spacial score (nSPS) is 16.8. The maximum absolute atomic E-state index is 12.3. The molecule has 1 N–H and O–H groups in total. The van der Waals surface area contributed by atoms with E-state index in [0.29, 0.717) is 16.3 Å². The van der Waals surface area contributed by atoms with Crippen LogP contribution in [0.4, 0.5) is 0 Å². The van der Waals surface area contributed by atoms with Gasteiger partial charge in [0.05, 0.1) is 11.6 Å². The largest absolute Gasteiger partial charge is 0.420 e. The Kier molecular flexibility index (Phi) is 4.15. The van der Waals surface area contributed by atoms with Crippen molar-refractivity contribution in [1.29, 1.82) is 0 Å². The fourth-order valence-corrected chi connectivity index (χ4v) is 3.72. The van der Waals surface area contributed by atoms with Crippen LogP contribution in [0.1, 0.15) is 11.6 Å². The fourth-order valence-electron chi connectivity index (χ4n) is 2.75. The summed E-state index contributed by atoms with van der Waals surface area (Å²) < 4.78 is 6.46. The highest BCUT2D eigenvalue weighted by atomic mass is 32.2. The SMILES string of the molecule is O=C(Cn1c(=O)oc2ccccc21)NC1=NC(c2ccccc2)CS1. The van der Waals surface area contributed by atoms with Crippen molar-refractivity contribution in [3.8, 4) is 0 Å². The monoisotopic (exact) mass is 353 g/mol. The zero-order valence-corrected chi connectivity index (χ0v) is 14.0. The summed E-state index contributed by atoms with van der Waals surface area (Å²) in [6.45, 7) is -0.106. The third-order valence-electron chi connectivity index (χ3n) is 3.96. The predicted molar refractivity (Wildman–Crippen MR) is 97.7 cm³/mol. The molecule has 1 aliphatic heterocycles. The van der Waals surface area contributed by atoms with Gasteiger partial charge in [0, 0.05) is 5.75 Å². The molecule has 4 rings (SSSR count). The summed E-state index contributed by atoms with van der Waals surface area (Å²) in [5, 5.41) is 3.36. The molecule has 0 radical (unpaired) electrons. The lowest BCUT2D eigenvalue weighted by Crippen LogP contribution is -2.33. The van der Waals surface area contributed by atoms with Crippen LogP contribution in [0.25, 0.3) is 11.1 Å². The number of para-hydroxylation sites is 2. The lowest BCUT2D eigenvalue weighted by molar-refractivity contribution is -0.120. The van der Waals surface area contributed by atoms with Crippen LogP contribution in [0.15, 0.2) is 68.8 Å². The molecule has 0 aliphatic carbocycles. The number of nitrogens with zero attached hydrogens (tertiary/aromatic N) is 2. The van der Waals surface area contributed by atoms with Crippen LogP contribution in [0.5, 0.6) is 0 Å². The number of rotatable bonds is 3. The van der Waals surface area contributed by atoms with E-state index in [1.165, 1.54) is 16.3 Å². The van der Waals surface area contributed by atoms with Crippen LogP contribution in [-0.4, -0.2) is 21.4 Å². The molecular formula is C18H15N3O3S. The van der Waals surface area contributed by atoms with Gasteiger partial charge in [0.25, 0.3) is 0 Å². The smallest absolute Gasteiger partial charge is 0.408 e. The zero-order chi connectivity index (χ0) is 17.2. The first-order valence-corrected chi connectivity index (χ1v) is 8.83. The van der Waals surface area contributed by atoms with E-state index in [-0.39, 0.29) is 18.5 Å². The molecule has 2 heterocycles. The first-order chi connectivity index (χ1) is 12.2. The van der Waals surface area contributed by atoms with Crippen molar-refractivity contribution in [1.82, 2.24) is 9.88 Å². The number of amides is 1. The van der Waals surface area contributed by atoms with Gasteiger partial charge in [-0.2, -0.15) is 0 Å². The van der Waals surface area contributed by atoms with Gasteiger partial charge in [-0.1, -0.05) is 54.2 Å². The topological polar surface area (TPSA) is 76.6 Å². The molecule has 0 saturated carbocycles. The van der Waals surface area contributed by atoms with E-state index in [0.717, 1.165) is 11.3 Å². The Morgan fingerprint density at radius 3 is 2.80 bits per heavy atom. The third kappa shape index (κ3) is 3.23. The Balaban J connectivity index is 1.47.